The molecular formula is C13H21Cl2N7O. The van der Waals surface area contributed by atoms with Gasteiger partial charge in [0.15, 0.2) is 5.65 Å². The molecule has 2 aromatic heterocycles. The third-order valence-electron chi connectivity index (χ3n) is 3.79. The zero-order valence-corrected chi connectivity index (χ0v) is 14.7. The van der Waals surface area contributed by atoms with E-state index in [4.69, 9.17) is 5.73 Å². The fraction of sp³-hybridized carbons (Fsp3) is 0.538. The summed E-state index contributed by atoms with van der Waals surface area (Å²) in [6, 6.07) is -0.444. The van der Waals surface area contributed by atoms with Crippen LogP contribution in [0.2, 0.25) is 0 Å². The van der Waals surface area contributed by atoms with Crippen LogP contribution in [0.5, 0.6) is 0 Å². The standard InChI is InChI=1S/C13H19N7O.2ClH/c1-9(14)13(21)20-5-3-19(4-6-20)12-10-7-17-18(2)11(10)15-8-16-12;;/h7-9H,3-6,14H2,1-2H3;2*1H/t9-;;/m1../s1. The van der Waals surface area contributed by atoms with Crippen LogP contribution in [0, 0.1) is 0 Å². The summed E-state index contributed by atoms with van der Waals surface area (Å²) >= 11 is 0. The van der Waals surface area contributed by atoms with Gasteiger partial charge in [0.05, 0.1) is 17.6 Å². The number of hydrogen-bond donors (Lipinski definition) is 1. The van der Waals surface area contributed by atoms with Crippen molar-refractivity contribution in [2.45, 2.75) is 13.0 Å². The van der Waals surface area contributed by atoms with Gasteiger partial charge in [-0.2, -0.15) is 5.10 Å². The van der Waals surface area contributed by atoms with Gasteiger partial charge in [-0.25, -0.2) is 9.97 Å². The number of amides is 1. The minimum absolute atomic E-state index is 0. The lowest BCUT2D eigenvalue weighted by Gasteiger charge is -2.36. The van der Waals surface area contributed by atoms with Crippen LogP contribution in [0.1, 0.15) is 6.92 Å². The Balaban J connectivity index is 0.00000132. The smallest absolute Gasteiger partial charge is 0.239 e. The molecule has 0 aliphatic carbocycles. The number of fused-ring (bicyclic) bond motifs is 1. The van der Waals surface area contributed by atoms with Gasteiger partial charge in [-0.05, 0) is 6.92 Å². The number of anilines is 1. The van der Waals surface area contributed by atoms with E-state index in [2.05, 4.69) is 20.0 Å². The van der Waals surface area contributed by atoms with Gasteiger partial charge in [0.2, 0.25) is 5.91 Å². The van der Waals surface area contributed by atoms with Crippen molar-refractivity contribution >= 4 is 47.6 Å². The number of piperazine rings is 1. The number of nitrogens with zero attached hydrogens (tertiary/aromatic N) is 6. The fourth-order valence-corrected chi connectivity index (χ4v) is 2.63. The number of halogens is 2. The molecule has 8 nitrogen and oxygen atoms in total. The van der Waals surface area contributed by atoms with E-state index in [9.17, 15) is 4.79 Å². The first kappa shape index (κ1) is 19.4. The van der Waals surface area contributed by atoms with Crippen molar-refractivity contribution in [1.29, 1.82) is 0 Å². The van der Waals surface area contributed by atoms with E-state index in [0.717, 1.165) is 29.9 Å². The highest BCUT2D eigenvalue weighted by Gasteiger charge is 2.25. The van der Waals surface area contributed by atoms with E-state index in [-0.39, 0.29) is 30.7 Å². The normalized spacial score (nSPS) is 15.8. The average molecular weight is 362 g/mol. The topological polar surface area (TPSA) is 93.2 Å². The van der Waals surface area contributed by atoms with Crippen LogP contribution in [0.25, 0.3) is 11.0 Å². The molecule has 10 heteroatoms. The van der Waals surface area contributed by atoms with Crippen LogP contribution < -0.4 is 10.6 Å². The Kier molecular flexibility index (Phi) is 6.55. The van der Waals surface area contributed by atoms with Crippen molar-refractivity contribution in [3.05, 3.63) is 12.5 Å². The van der Waals surface area contributed by atoms with Crippen molar-refractivity contribution in [2.75, 3.05) is 31.1 Å². The summed E-state index contributed by atoms with van der Waals surface area (Å²) in [5.74, 6) is 0.879. The summed E-state index contributed by atoms with van der Waals surface area (Å²) in [4.78, 5) is 24.5. The summed E-state index contributed by atoms with van der Waals surface area (Å²) in [5.41, 5.74) is 6.47. The van der Waals surface area contributed by atoms with Crippen LogP contribution in [0.15, 0.2) is 12.5 Å². The van der Waals surface area contributed by atoms with Crippen molar-refractivity contribution < 1.29 is 4.79 Å². The lowest BCUT2D eigenvalue weighted by Crippen LogP contribution is -2.52. The Labute approximate surface area is 146 Å². The molecule has 0 aromatic carbocycles. The maximum atomic E-state index is 11.9. The first-order valence-electron chi connectivity index (χ1n) is 7.00. The third-order valence-corrected chi connectivity index (χ3v) is 3.79. The van der Waals surface area contributed by atoms with Gasteiger partial charge in [0.25, 0.3) is 0 Å². The van der Waals surface area contributed by atoms with Crippen molar-refractivity contribution in [2.24, 2.45) is 12.8 Å². The molecule has 0 bridgehead atoms. The molecule has 3 heterocycles. The second kappa shape index (κ2) is 7.76. The third kappa shape index (κ3) is 3.65. The lowest BCUT2D eigenvalue weighted by molar-refractivity contribution is -0.132. The average Bonchev–Trinajstić information content (AvgIpc) is 2.88. The quantitative estimate of drug-likeness (QED) is 0.821. The molecule has 0 spiro atoms. The van der Waals surface area contributed by atoms with Gasteiger partial charge in [0.1, 0.15) is 12.1 Å². The Morgan fingerprint density at radius 2 is 1.87 bits per heavy atom. The van der Waals surface area contributed by atoms with E-state index in [0.29, 0.717) is 13.1 Å². The molecule has 128 valence electrons. The van der Waals surface area contributed by atoms with E-state index in [1.165, 1.54) is 0 Å². The summed E-state index contributed by atoms with van der Waals surface area (Å²) in [7, 11) is 1.86. The van der Waals surface area contributed by atoms with Gasteiger partial charge in [-0.1, -0.05) is 0 Å². The number of carbonyl (C=O) groups is 1. The molecular weight excluding hydrogens is 341 g/mol. The van der Waals surface area contributed by atoms with Crippen LogP contribution >= 0.6 is 24.8 Å². The lowest BCUT2D eigenvalue weighted by atomic mass is 10.2. The van der Waals surface area contributed by atoms with Gasteiger partial charge in [0, 0.05) is 33.2 Å². The fourth-order valence-electron chi connectivity index (χ4n) is 2.63. The van der Waals surface area contributed by atoms with E-state index in [1.54, 1.807) is 24.1 Å². The molecule has 1 amide bonds. The number of hydrogen-bond acceptors (Lipinski definition) is 6. The predicted molar refractivity (Wildman–Crippen MR) is 93.2 cm³/mol. The number of aryl methyl sites for hydroxylation is 1. The molecule has 0 unspecified atom stereocenters. The highest BCUT2D eigenvalue weighted by molar-refractivity contribution is 5.87. The van der Waals surface area contributed by atoms with Crippen LogP contribution in [-0.2, 0) is 11.8 Å². The Morgan fingerprint density at radius 1 is 1.22 bits per heavy atom. The van der Waals surface area contributed by atoms with Crippen molar-refractivity contribution in [1.82, 2.24) is 24.6 Å². The van der Waals surface area contributed by atoms with Crippen LogP contribution in [0.4, 0.5) is 5.82 Å². The van der Waals surface area contributed by atoms with Crippen molar-refractivity contribution in [3.63, 3.8) is 0 Å². The van der Waals surface area contributed by atoms with Gasteiger partial charge >= 0.3 is 0 Å². The molecule has 1 atom stereocenters. The Bertz CT molecular complexity index is 667. The van der Waals surface area contributed by atoms with Crippen molar-refractivity contribution in [3.8, 4) is 0 Å². The minimum atomic E-state index is -0.444. The molecule has 2 aromatic rings. The molecule has 0 radical (unpaired) electrons. The Morgan fingerprint density at radius 3 is 2.48 bits per heavy atom. The van der Waals surface area contributed by atoms with Gasteiger partial charge < -0.3 is 15.5 Å². The number of rotatable bonds is 2. The predicted octanol–water partition coefficient (Wildman–Crippen LogP) is 0.203. The van der Waals surface area contributed by atoms with E-state index < -0.39 is 6.04 Å². The largest absolute Gasteiger partial charge is 0.352 e. The molecule has 1 aliphatic rings. The number of nitrogens with two attached hydrogens (primary N) is 1. The molecule has 0 saturated carbocycles. The van der Waals surface area contributed by atoms with Crippen LogP contribution in [-0.4, -0.2) is 62.8 Å². The maximum absolute atomic E-state index is 11.9. The molecule has 1 fully saturated rings. The second-order valence-electron chi connectivity index (χ2n) is 5.30. The van der Waals surface area contributed by atoms with Gasteiger partial charge in [-0.15, -0.1) is 24.8 Å². The van der Waals surface area contributed by atoms with E-state index >= 15 is 0 Å². The summed E-state index contributed by atoms with van der Waals surface area (Å²) in [6.07, 6.45) is 3.34. The maximum Gasteiger partial charge on any atom is 0.239 e. The molecule has 3 rings (SSSR count). The number of carbonyl (C=O) groups excluding carboxylic acids is 1. The first-order chi connectivity index (χ1) is 10.1. The van der Waals surface area contributed by atoms with Crippen LogP contribution in [0.3, 0.4) is 0 Å². The molecule has 1 saturated heterocycles. The number of aromatic nitrogens is 4. The Hall–Kier alpha value is -1.64. The highest BCUT2D eigenvalue weighted by Crippen LogP contribution is 2.23. The monoisotopic (exact) mass is 361 g/mol. The molecule has 1 aliphatic heterocycles. The van der Waals surface area contributed by atoms with Gasteiger partial charge in [-0.3, -0.25) is 9.48 Å². The molecule has 2 N–H and O–H groups in total. The molecule has 23 heavy (non-hydrogen) atoms. The van der Waals surface area contributed by atoms with E-state index in [1.807, 2.05) is 11.9 Å². The summed E-state index contributed by atoms with van der Waals surface area (Å²) in [5, 5.41) is 5.16. The first-order valence-corrected chi connectivity index (χ1v) is 7.00. The SMILES string of the molecule is C[C@@H](N)C(=O)N1CCN(c2ncnc3c2cnn3C)CC1.Cl.Cl. The zero-order chi connectivity index (χ0) is 15.0. The summed E-state index contributed by atoms with van der Waals surface area (Å²) < 4.78 is 1.73. The minimum Gasteiger partial charge on any atom is -0.352 e. The zero-order valence-electron chi connectivity index (χ0n) is 13.0. The summed E-state index contributed by atoms with van der Waals surface area (Å²) in [6.45, 7) is 4.51. The second-order valence-corrected chi connectivity index (χ2v) is 5.30. The highest BCUT2D eigenvalue weighted by atomic mass is 35.5.